The second-order valence-electron chi connectivity index (χ2n) is 3.10. The van der Waals surface area contributed by atoms with Crippen molar-refractivity contribution in [3.05, 3.63) is 41.5 Å². The van der Waals surface area contributed by atoms with Crippen LogP contribution in [0.4, 0.5) is 0 Å². The Bertz CT molecular complexity index is 348. The fraction of sp³-hybridized carbons (Fsp3) is 0.250. The molecule has 0 aliphatic rings. The van der Waals surface area contributed by atoms with Crippen LogP contribution in [-0.4, -0.2) is 12.8 Å². The molecule has 0 radical (unpaired) electrons. The summed E-state index contributed by atoms with van der Waals surface area (Å²) in [5.74, 6) is 0. The predicted octanol–water partition coefficient (Wildman–Crippen LogP) is 3.08. The van der Waals surface area contributed by atoms with E-state index in [1.54, 1.807) is 0 Å². The number of nitrogens with zero attached hydrogens (tertiary/aromatic N) is 1. The maximum Gasteiger partial charge on any atom is 0.0392 e. The van der Waals surface area contributed by atoms with Crippen LogP contribution in [0.1, 0.15) is 23.6 Å². The van der Waals surface area contributed by atoms with Crippen molar-refractivity contribution in [2.45, 2.75) is 13.8 Å². The predicted molar refractivity (Wildman–Crippen MR) is 59.4 cm³/mol. The van der Waals surface area contributed by atoms with Gasteiger partial charge in [0, 0.05) is 18.3 Å². The first-order valence-corrected chi connectivity index (χ1v) is 4.36. The number of aliphatic imine (C=N–C) groups is 1. The molecule has 1 aromatic rings. The molecule has 1 rings (SSSR count). The Morgan fingerprint density at radius 3 is 2.69 bits per heavy atom. The van der Waals surface area contributed by atoms with Gasteiger partial charge in [-0.25, -0.2) is 0 Å². The Hall–Kier alpha value is -1.37. The highest BCUT2D eigenvalue weighted by Gasteiger charge is 2.01. The van der Waals surface area contributed by atoms with Crippen LogP contribution in [0, 0.1) is 6.92 Å². The van der Waals surface area contributed by atoms with Crippen molar-refractivity contribution in [2.24, 2.45) is 4.99 Å². The maximum absolute atomic E-state index is 4.17. The molecule has 0 spiro atoms. The van der Waals surface area contributed by atoms with Crippen LogP contribution in [0.3, 0.4) is 0 Å². The van der Waals surface area contributed by atoms with Gasteiger partial charge in [-0.15, -0.1) is 0 Å². The van der Waals surface area contributed by atoms with Gasteiger partial charge in [0.05, 0.1) is 0 Å². The highest BCUT2D eigenvalue weighted by Crippen LogP contribution is 2.13. The zero-order chi connectivity index (χ0) is 9.84. The summed E-state index contributed by atoms with van der Waals surface area (Å²) in [5, 5.41) is 0. The zero-order valence-corrected chi connectivity index (χ0v) is 8.46. The zero-order valence-electron chi connectivity index (χ0n) is 8.46. The monoisotopic (exact) mass is 173 g/mol. The van der Waals surface area contributed by atoms with Gasteiger partial charge in [-0.3, -0.25) is 4.99 Å². The Labute approximate surface area is 79.8 Å². The lowest BCUT2D eigenvalue weighted by Crippen LogP contribution is -1.97. The first kappa shape index (κ1) is 9.72. The average Bonchev–Trinajstić information content (AvgIpc) is 2.16. The second-order valence-corrected chi connectivity index (χ2v) is 3.10. The summed E-state index contributed by atoms with van der Waals surface area (Å²) in [6, 6.07) is 6.31. The van der Waals surface area contributed by atoms with Crippen molar-refractivity contribution in [3.8, 4) is 0 Å². The van der Waals surface area contributed by atoms with Gasteiger partial charge in [0.2, 0.25) is 0 Å². The van der Waals surface area contributed by atoms with Gasteiger partial charge < -0.3 is 0 Å². The Kier molecular flexibility index (Phi) is 3.02. The van der Waals surface area contributed by atoms with E-state index in [1.807, 2.05) is 20.0 Å². The summed E-state index contributed by atoms with van der Waals surface area (Å²) in [6.45, 7) is 7.88. The molecule has 0 aliphatic heterocycles. The van der Waals surface area contributed by atoms with Gasteiger partial charge in [0.15, 0.2) is 0 Å². The van der Waals surface area contributed by atoms with Gasteiger partial charge >= 0.3 is 0 Å². The summed E-state index contributed by atoms with van der Waals surface area (Å²) in [4.78, 5) is 4.17. The normalized spacial score (nSPS) is 11.5. The van der Waals surface area contributed by atoms with Crippen LogP contribution in [-0.2, 0) is 0 Å². The van der Waals surface area contributed by atoms with E-state index < -0.39 is 0 Å². The molecule has 0 amide bonds. The SMILES string of the molecule is C=Cc1cc(C)ccc1/C(C)=N\C. The molecule has 0 saturated carbocycles. The number of aryl methyl sites for hydroxylation is 1. The first-order chi connectivity index (χ1) is 6.19. The first-order valence-electron chi connectivity index (χ1n) is 4.36. The van der Waals surface area contributed by atoms with Crippen molar-refractivity contribution in [2.75, 3.05) is 7.05 Å². The Balaban J connectivity index is 3.29. The van der Waals surface area contributed by atoms with E-state index >= 15 is 0 Å². The summed E-state index contributed by atoms with van der Waals surface area (Å²) < 4.78 is 0. The maximum atomic E-state index is 4.17. The summed E-state index contributed by atoms with van der Waals surface area (Å²) in [5.41, 5.74) is 4.63. The lowest BCUT2D eigenvalue weighted by Gasteiger charge is -2.05. The molecule has 0 heterocycles. The van der Waals surface area contributed by atoms with Crippen molar-refractivity contribution in [1.82, 2.24) is 0 Å². The van der Waals surface area contributed by atoms with Crippen LogP contribution in [0.2, 0.25) is 0 Å². The molecule has 0 aliphatic carbocycles. The molecule has 1 aromatic carbocycles. The minimum absolute atomic E-state index is 1.05. The van der Waals surface area contributed by atoms with Gasteiger partial charge in [0.1, 0.15) is 0 Å². The minimum Gasteiger partial charge on any atom is -0.293 e. The van der Waals surface area contributed by atoms with Crippen LogP contribution in [0.25, 0.3) is 6.08 Å². The van der Waals surface area contributed by atoms with Gasteiger partial charge in [0.25, 0.3) is 0 Å². The van der Waals surface area contributed by atoms with Gasteiger partial charge in [-0.05, 0) is 19.4 Å². The molecule has 0 bridgehead atoms. The number of hydrogen-bond acceptors (Lipinski definition) is 1. The third-order valence-corrected chi connectivity index (χ3v) is 2.15. The number of hydrogen-bond donors (Lipinski definition) is 0. The second kappa shape index (κ2) is 4.04. The van der Waals surface area contributed by atoms with Crippen LogP contribution in [0.5, 0.6) is 0 Å². The molecule has 0 saturated heterocycles. The van der Waals surface area contributed by atoms with E-state index in [0.717, 1.165) is 11.3 Å². The lowest BCUT2D eigenvalue weighted by atomic mass is 10.0. The molecular weight excluding hydrogens is 158 g/mol. The highest BCUT2D eigenvalue weighted by molar-refractivity contribution is 6.01. The fourth-order valence-electron chi connectivity index (χ4n) is 1.30. The lowest BCUT2D eigenvalue weighted by molar-refractivity contribution is 1.38. The molecule has 13 heavy (non-hydrogen) atoms. The topological polar surface area (TPSA) is 12.4 Å². The third-order valence-electron chi connectivity index (χ3n) is 2.15. The Morgan fingerprint density at radius 2 is 2.15 bits per heavy atom. The third kappa shape index (κ3) is 2.05. The average molecular weight is 173 g/mol. The summed E-state index contributed by atoms with van der Waals surface area (Å²) >= 11 is 0. The molecule has 1 heteroatoms. The standard InChI is InChI=1S/C12H15N/c1-5-11-8-9(2)6-7-12(11)10(3)13-4/h5-8H,1H2,2-4H3/b13-10-. The van der Waals surface area contributed by atoms with Gasteiger partial charge in [-0.1, -0.05) is 36.4 Å². The highest BCUT2D eigenvalue weighted by atomic mass is 14.7. The molecule has 0 aromatic heterocycles. The molecule has 0 unspecified atom stereocenters. The quantitative estimate of drug-likeness (QED) is 0.609. The Morgan fingerprint density at radius 1 is 1.46 bits per heavy atom. The molecule has 1 nitrogen and oxygen atoms in total. The largest absolute Gasteiger partial charge is 0.293 e. The van der Waals surface area contributed by atoms with Crippen molar-refractivity contribution < 1.29 is 0 Å². The molecule has 68 valence electrons. The molecule has 0 atom stereocenters. The van der Waals surface area contributed by atoms with E-state index in [4.69, 9.17) is 0 Å². The number of benzene rings is 1. The van der Waals surface area contributed by atoms with Crippen LogP contribution in [0.15, 0.2) is 29.8 Å². The smallest absolute Gasteiger partial charge is 0.0392 e. The molecule has 0 N–H and O–H groups in total. The summed E-state index contributed by atoms with van der Waals surface area (Å²) in [6.07, 6.45) is 1.87. The van der Waals surface area contributed by atoms with Crippen LogP contribution >= 0.6 is 0 Å². The molecular formula is C12H15N. The van der Waals surface area contributed by atoms with Crippen molar-refractivity contribution in [1.29, 1.82) is 0 Å². The van der Waals surface area contributed by atoms with E-state index in [9.17, 15) is 0 Å². The number of rotatable bonds is 2. The van der Waals surface area contributed by atoms with E-state index in [2.05, 4.69) is 36.7 Å². The van der Waals surface area contributed by atoms with E-state index in [0.29, 0.717) is 0 Å². The molecule has 0 fully saturated rings. The fourth-order valence-corrected chi connectivity index (χ4v) is 1.30. The van der Waals surface area contributed by atoms with Crippen molar-refractivity contribution in [3.63, 3.8) is 0 Å². The van der Waals surface area contributed by atoms with Crippen LogP contribution < -0.4 is 0 Å². The van der Waals surface area contributed by atoms with E-state index in [1.165, 1.54) is 11.1 Å². The minimum atomic E-state index is 1.05. The van der Waals surface area contributed by atoms with E-state index in [-0.39, 0.29) is 0 Å². The van der Waals surface area contributed by atoms with Crippen molar-refractivity contribution >= 4 is 11.8 Å². The summed E-state index contributed by atoms with van der Waals surface area (Å²) in [7, 11) is 1.81. The van der Waals surface area contributed by atoms with Gasteiger partial charge in [-0.2, -0.15) is 0 Å².